The fourth-order valence-electron chi connectivity index (χ4n) is 5.08. The van der Waals surface area contributed by atoms with E-state index in [0.717, 1.165) is 6.07 Å². The number of anilines is 2. The minimum atomic E-state index is -4.64. The molecule has 1 N–H and O–H groups in total. The van der Waals surface area contributed by atoms with Crippen molar-refractivity contribution in [3.05, 3.63) is 59.4 Å². The number of fused-ring (bicyclic) bond motifs is 1. The van der Waals surface area contributed by atoms with Crippen LogP contribution >= 0.6 is 0 Å². The van der Waals surface area contributed by atoms with E-state index in [1.807, 2.05) is 11.8 Å². The number of hydrogen-bond acceptors (Lipinski definition) is 4. The number of benzene rings is 2. The van der Waals surface area contributed by atoms with Gasteiger partial charge in [0.15, 0.2) is 0 Å². The zero-order chi connectivity index (χ0) is 25.2. The number of carbonyl (C=O) groups is 1. The number of halogens is 4. The standard InChI is InChI=1S/C25H26F4N4O2/c1-2-35-16-24-14-32(23(34)31-22-6-4-3-5-21(22)26)10-9-18(24)13-33(15-24)19-8-7-17(12-30)20(11-19)25(27,28)29/h3-8,11,18H,2,9-10,13-16H2,1H3,(H,31,34)/t18-,24+/m0/s1. The highest BCUT2D eigenvalue weighted by Crippen LogP contribution is 2.45. The number of para-hydroxylation sites is 1. The van der Waals surface area contributed by atoms with Gasteiger partial charge in [-0.15, -0.1) is 0 Å². The van der Waals surface area contributed by atoms with Crippen LogP contribution in [0, 0.1) is 28.5 Å². The number of nitrogens with zero attached hydrogens (tertiary/aromatic N) is 3. The second-order valence-electron chi connectivity index (χ2n) is 9.04. The Labute approximate surface area is 201 Å². The van der Waals surface area contributed by atoms with Gasteiger partial charge in [0, 0.05) is 43.9 Å². The van der Waals surface area contributed by atoms with E-state index in [9.17, 15) is 22.4 Å². The Morgan fingerprint density at radius 1 is 1.26 bits per heavy atom. The van der Waals surface area contributed by atoms with Crippen LogP contribution in [0.3, 0.4) is 0 Å². The molecule has 0 bridgehead atoms. The molecule has 0 aliphatic carbocycles. The summed E-state index contributed by atoms with van der Waals surface area (Å²) in [6.45, 7) is 4.34. The van der Waals surface area contributed by atoms with E-state index < -0.39 is 34.6 Å². The van der Waals surface area contributed by atoms with Gasteiger partial charge >= 0.3 is 12.2 Å². The summed E-state index contributed by atoms with van der Waals surface area (Å²) < 4.78 is 60.4. The summed E-state index contributed by atoms with van der Waals surface area (Å²) >= 11 is 0. The van der Waals surface area contributed by atoms with Crippen molar-refractivity contribution in [1.29, 1.82) is 5.26 Å². The molecule has 2 aromatic rings. The summed E-state index contributed by atoms with van der Waals surface area (Å²) in [4.78, 5) is 16.4. The van der Waals surface area contributed by atoms with Crippen LogP contribution in [0.2, 0.25) is 0 Å². The molecule has 2 fully saturated rings. The van der Waals surface area contributed by atoms with Crippen LogP contribution in [0.4, 0.5) is 33.7 Å². The van der Waals surface area contributed by atoms with Crippen molar-refractivity contribution in [2.75, 3.05) is 49.6 Å². The van der Waals surface area contributed by atoms with Crippen molar-refractivity contribution in [1.82, 2.24) is 4.90 Å². The van der Waals surface area contributed by atoms with Gasteiger partial charge in [-0.2, -0.15) is 18.4 Å². The van der Waals surface area contributed by atoms with Crippen molar-refractivity contribution in [3.8, 4) is 6.07 Å². The highest BCUT2D eigenvalue weighted by molar-refractivity contribution is 5.89. The predicted octanol–water partition coefficient (Wildman–Crippen LogP) is 5.11. The van der Waals surface area contributed by atoms with Gasteiger partial charge in [0.1, 0.15) is 5.82 Å². The Hall–Kier alpha value is -3.32. The third-order valence-electron chi connectivity index (χ3n) is 6.86. The first-order valence-corrected chi connectivity index (χ1v) is 11.4. The maximum absolute atomic E-state index is 14.0. The molecule has 10 heteroatoms. The van der Waals surface area contributed by atoms with Gasteiger partial charge in [-0.25, -0.2) is 9.18 Å². The van der Waals surface area contributed by atoms with Crippen LogP contribution in [0.15, 0.2) is 42.5 Å². The number of nitriles is 1. The third-order valence-corrected chi connectivity index (χ3v) is 6.86. The molecular weight excluding hydrogens is 464 g/mol. The van der Waals surface area contributed by atoms with Crippen LogP contribution in [0.25, 0.3) is 0 Å². The van der Waals surface area contributed by atoms with Crippen molar-refractivity contribution in [2.24, 2.45) is 11.3 Å². The number of urea groups is 1. The van der Waals surface area contributed by atoms with Gasteiger partial charge in [0.2, 0.25) is 0 Å². The van der Waals surface area contributed by atoms with Gasteiger partial charge in [-0.1, -0.05) is 12.1 Å². The van der Waals surface area contributed by atoms with Crippen LogP contribution < -0.4 is 10.2 Å². The molecule has 4 rings (SSSR count). The Balaban J connectivity index is 1.57. The number of rotatable bonds is 5. The summed E-state index contributed by atoms with van der Waals surface area (Å²) in [6, 6.07) is 10.8. The lowest BCUT2D eigenvalue weighted by Gasteiger charge is -2.43. The van der Waals surface area contributed by atoms with Crippen molar-refractivity contribution in [3.63, 3.8) is 0 Å². The molecule has 2 aliphatic heterocycles. The number of piperidine rings is 1. The maximum atomic E-state index is 14.0. The average molecular weight is 491 g/mol. The number of likely N-dealkylation sites (tertiary alicyclic amines) is 1. The largest absolute Gasteiger partial charge is 0.417 e. The fraction of sp³-hybridized carbons (Fsp3) is 0.440. The lowest BCUT2D eigenvalue weighted by atomic mass is 9.74. The molecule has 0 saturated carbocycles. The first kappa shape index (κ1) is 24.8. The number of nitrogens with one attached hydrogen (secondary N) is 1. The Morgan fingerprint density at radius 3 is 2.71 bits per heavy atom. The maximum Gasteiger partial charge on any atom is 0.417 e. The Kier molecular flexibility index (Phi) is 6.90. The van der Waals surface area contributed by atoms with Gasteiger partial charge in [-0.05, 0) is 49.6 Å². The SMILES string of the molecule is CCOC[C@]12CN(C(=O)Nc3ccccc3F)CC[C@H]1CN(c1ccc(C#N)c(C(F)(F)F)c1)C2. The lowest BCUT2D eigenvalue weighted by Crippen LogP contribution is -2.54. The molecule has 2 amide bonds. The van der Waals surface area contributed by atoms with E-state index in [1.54, 1.807) is 17.0 Å². The smallest absolute Gasteiger partial charge is 0.381 e. The molecule has 2 saturated heterocycles. The van der Waals surface area contributed by atoms with Crippen molar-refractivity contribution < 1.29 is 27.1 Å². The molecule has 2 aromatic carbocycles. The molecular formula is C25H26F4N4O2. The minimum absolute atomic E-state index is 0.0868. The molecule has 2 heterocycles. The summed E-state index contributed by atoms with van der Waals surface area (Å²) in [5.74, 6) is -0.440. The summed E-state index contributed by atoms with van der Waals surface area (Å²) in [6.07, 6.45) is -4.01. The van der Waals surface area contributed by atoms with Crippen LogP contribution in [0.5, 0.6) is 0 Å². The summed E-state index contributed by atoms with van der Waals surface area (Å²) in [7, 11) is 0. The topological polar surface area (TPSA) is 68.6 Å². The number of amides is 2. The van der Waals surface area contributed by atoms with Gasteiger partial charge < -0.3 is 19.9 Å². The van der Waals surface area contributed by atoms with E-state index in [1.165, 1.54) is 30.3 Å². The average Bonchev–Trinajstić information content (AvgIpc) is 3.22. The number of alkyl halides is 3. The van der Waals surface area contributed by atoms with E-state index in [0.29, 0.717) is 51.5 Å². The first-order valence-electron chi connectivity index (χ1n) is 11.4. The Bertz CT molecular complexity index is 1130. The number of carbonyl (C=O) groups excluding carboxylic acids is 1. The van der Waals surface area contributed by atoms with Gasteiger partial charge in [0.25, 0.3) is 0 Å². The molecule has 2 atom stereocenters. The predicted molar refractivity (Wildman–Crippen MR) is 122 cm³/mol. The molecule has 0 radical (unpaired) electrons. The highest BCUT2D eigenvalue weighted by atomic mass is 19.4. The van der Waals surface area contributed by atoms with E-state index >= 15 is 0 Å². The van der Waals surface area contributed by atoms with E-state index in [2.05, 4.69) is 5.32 Å². The molecule has 0 aromatic heterocycles. The molecule has 6 nitrogen and oxygen atoms in total. The lowest BCUT2D eigenvalue weighted by molar-refractivity contribution is -0.137. The van der Waals surface area contributed by atoms with Crippen molar-refractivity contribution in [2.45, 2.75) is 19.5 Å². The quantitative estimate of drug-likeness (QED) is 0.592. The Morgan fingerprint density at radius 2 is 2.03 bits per heavy atom. The fourth-order valence-corrected chi connectivity index (χ4v) is 5.08. The first-order chi connectivity index (χ1) is 16.7. The summed E-state index contributed by atoms with van der Waals surface area (Å²) in [5.41, 5.74) is -1.41. The van der Waals surface area contributed by atoms with E-state index in [-0.39, 0.29) is 11.6 Å². The third kappa shape index (κ3) is 5.05. The highest BCUT2D eigenvalue weighted by Gasteiger charge is 2.51. The molecule has 0 unspecified atom stereocenters. The second kappa shape index (κ2) is 9.74. The minimum Gasteiger partial charge on any atom is -0.381 e. The van der Waals surface area contributed by atoms with Gasteiger partial charge in [0.05, 0.1) is 29.5 Å². The molecule has 0 spiro atoms. The summed E-state index contributed by atoms with van der Waals surface area (Å²) in [5, 5.41) is 11.7. The zero-order valence-electron chi connectivity index (χ0n) is 19.2. The van der Waals surface area contributed by atoms with Crippen LogP contribution in [-0.2, 0) is 10.9 Å². The second-order valence-corrected chi connectivity index (χ2v) is 9.04. The molecule has 186 valence electrons. The molecule has 2 aliphatic rings. The van der Waals surface area contributed by atoms with Crippen LogP contribution in [0.1, 0.15) is 24.5 Å². The number of ether oxygens (including phenoxy) is 1. The monoisotopic (exact) mass is 490 g/mol. The van der Waals surface area contributed by atoms with Crippen molar-refractivity contribution >= 4 is 17.4 Å². The van der Waals surface area contributed by atoms with Gasteiger partial charge in [-0.3, -0.25) is 0 Å². The molecule has 35 heavy (non-hydrogen) atoms. The van der Waals surface area contributed by atoms with E-state index in [4.69, 9.17) is 10.00 Å². The normalized spacial score (nSPS) is 22.0. The zero-order valence-corrected chi connectivity index (χ0v) is 19.2. The van der Waals surface area contributed by atoms with Crippen LogP contribution in [-0.4, -0.2) is 50.3 Å². The number of hydrogen-bond donors (Lipinski definition) is 1.